The Kier molecular flexibility index (Phi) is 38.8. The van der Waals surface area contributed by atoms with Gasteiger partial charge in [-0.05, 0) is 38.5 Å². The number of unbranched alkanes of at least 4 members (excludes halogenated alkanes) is 26. The number of esters is 1. The predicted molar refractivity (Wildman–Crippen MR) is 210 cm³/mol. The molecule has 0 fully saturated rings. The Hall–Kier alpha value is -0.760. The number of carbonyl (C=O) groups excluding carboxylic acids is 1. The largest absolute Gasteiger partial charge is 0.472 e. The highest BCUT2D eigenvalue weighted by molar-refractivity contribution is 7.47. The number of carbonyl (C=O) groups is 1. The molecule has 298 valence electrons. The van der Waals surface area contributed by atoms with E-state index in [4.69, 9.17) is 24.3 Å². The van der Waals surface area contributed by atoms with Crippen LogP contribution in [0, 0.1) is 0 Å². The van der Waals surface area contributed by atoms with E-state index in [-0.39, 0.29) is 32.3 Å². The monoisotopic (exact) mass is 732 g/mol. The molecule has 0 saturated carbocycles. The zero-order valence-corrected chi connectivity index (χ0v) is 33.8. The maximum Gasteiger partial charge on any atom is 0.472 e. The van der Waals surface area contributed by atoms with Crippen LogP contribution >= 0.6 is 7.82 Å². The van der Waals surface area contributed by atoms with Crippen LogP contribution in [0.4, 0.5) is 0 Å². The van der Waals surface area contributed by atoms with Crippen LogP contribution in [0.25, 0.3) is 0 Å². The van der Waals surface area contributed by atoms with Gasteiger partial charge >= 0.3 is 13.8 Å². The number of allylic oxidation sites excluding steroid dienone is 2. The van der Waals surface area contributed by atoms with Crippen molar-refractivity contribution in [1.82, 2.24) is 0 Å². The van der Waals surface area contributed by atoms with Gasteiger partial charge in [-0.3, -0.25) is 13.8 Å². The molecule has 3 N–H and O–H groups in total. The molecule has 0 aromatic carbocycles. The van der Waals surface area contributed by atoms with Crippen molar-refractivity contribution in [3.8, 4) is 0 Å². The minimum atomic E-state index is -4.27. The summed E-state index contributed by atoms with van der Waals surface area (Å²) in [6.07, 6.45) is 40.8. The van der Waals surface area contributed by atoms with Gasteiger partial charge < -0.3 is 20.1 Å². The van der Waals surface area contributed by atoms with Crippen molar-refractivity contribution in [1.29, 1.82) is 0 Å². The van der Waals surface area contributed by atoms with E-state index in [0.717, 1.165) is 32.1 Å². The molecular weight excluding hydrogens is 649 g/mol. The molecule has 50 heavy (non-hydrogen) atoms. The quantitative estimate of drug-likeness (QED) is 0.0276. The number of hydrogen-bond acceptors (Lipinski definition) is 7. The molecule has 0 heterocycles. The first-order valence-corrected chi connectivity index (χ1v) is 22.7. The zero-order valence-electron chi connectivity index (χ0n) is 32.9. The minimum absolute atomic E-state index is 0.0934. The Labute approximate surface area is 309 Å². The Morgan fingerprint density at radius 2 is 1.00 bits per heavy atom. The predicted octanol–water partition coefficient (Wildman–Crippen LogP) is 12.3. The molecule has 9 heteroatoms. The van der Waals surface area contributed by atoms with E-state index in [1.54, 1.807) is 0 Å². The van der Waals surface area contributed by atoms with Crippen LogP contribution in [-0.2, 0) is 27.9 Å². The molecule has 0 aliphatic carbocycles. The van der Waals surface area contributed by atoms with Crippen molar-refractivity contribution in [2.24, 2.45) is 5.73 Å². The van der Waals surface area contributed by atoms with Crippen LogP contribution in [0.5, 0.6) is 0 Å². The van der Waals surface area contributed by atoms with Gasteiger partial charge in [-0.15, -0.1) is 0 Å². The third kappa shape index (κ3) is 38.5. The van der Waals surface area contributed by atoms with E-state index < -0.39 is 13.9 Å². The summed E-state index contributed by atoms with van der Waals surface area (Å²) < 4.78 is 33.4. The summed E-state index contributed by atoms with van der Waals surface area (Å²) in [5.74, 6) is -0.329. The van der Waals surface area contributed by atoms with E-state index in [9.17, 15) is 14.3 Å². The molecule has 0 aromatic rings. The first-order chi connectivity index (χ1) is 24.4. The zero-order chi connectivity index (χ0) is 36.6. The van der Waals surface area contributed by atoms with E-state index in [2.05, 4.69) is 26.0 Å². The first-order valence-electron chi connectivity index (χ1n) is 21.2. The molecular formula is C41H82NO7P. The van der Waals surface area contributed by atoms with Gasteiger partial charge in [0.25, 0.3) is 0 Å². The van der Waals surface area contributed by atoms with Crippen molar-refractivity contribution < 1.29 is 32.8 Å². The molecule has 0 bridgehead atoms. The molecule has 0 aromatic heterocycles. The van der Waals surface area contributed by atoms with Crippen molar-refractivity contribution in [3.63, 3.8) is 0 Å². The van der Waals surface area contributed by atoms with Crippen molar-refractivity contribution in [2.45, 2.75) is 213 Å². The summed E-state index contributed by atoms with van der Waals surface area (Å²) in [4.78, 5) is 22.4. The van der Waals surface area contributed by atoms with Gasteiger partial charge in [0.15, 0.2) is 0 Å². The fourth-order valence-corrected chi connectivity index (χ4v) is 6.82. The summed E-state index contributed by atoms with van der Waals surface area (Å²) in [5.41, 5.74) is 5.36. The minimum Gasteiger partial charge on any atom is -0.457 e. The van der Waals surface area contributed by atoms with Gasteiger partial charge in [0, 0.05) is 19.6 Å². The van der Waals surface area contributed by atoms with Crippen LogP contribution in [0.1, 0.15) is 206 Å². The highest BCUT2D eigenvalue weighted by Crippen LogP contribution is 2.43. The lowest BCUT2D eigenvalue weighted by molar-refractivity contribution is -0.154. The van der Waals surface area contributed by atoms with Crippen molar-refractivity contribution in [2.75, 3.05) is 33.0 Å². The maximum absolute atomic E-state index is 12.6. The smallest absolute Gasteiger partial charge is 0.457 e. The number of phosphoric ester groups is 1. The third-order valence-corrected chi connectivity index (χ3v) is 10.2. The fourth-order valence-electron chi connectivity index (χ4n) is 6.05. The number of nitrogens with two attached hydrogens (primary N) is 1. The molecule has 8 nitrogen and oxygen atoms in total. The molecule has 0 aliphatic rings. The lowest BCUT2D eigenvalue weighted by Crippen LogP contribution is -2.28. The Morgan fingerprint density at radius 3 is 1.46 bits per heavy atom. The average Bonchev–Trinajstić information content (AvgIpc) is 3.10. The number of ether oxygens (including phenoxy) is 2. The second-order valence-corrected chi connectivity index (χ2v) is 15.7. The Bertz CT molecular complexity index is 782. The number of rotatable bonds is 41. The molecule has 2 atom stereocenters. The molecule has 0 rings (SSSR count). The normalized spacial score (nSPS) is 13.6. The summed E-state index contributed by atoms with van der Waals surface area (Å²) in [6, 6.07) is 0. The average molecular weight is 732 g/mol. The fraction of sp³-hybridized carbons (Fsp3) is 0.927. The van der Waals surface area contributed by atoms with E-state index >= 15 is 0 Å². The van der Waals surface area contributed by atoms with E-state index in [1.165, 1.54) is 154 Å². The molecule has 0 saturated heterocycles. The summed E-state index contributed by atoms with van der Waals surface area (Å²) in [7, 11) is -4.27. The van der Waals surface area contributed by atoms with Gasteiger partial charge in [-0.1, -0.05) is 174 Å². The lowest BCUT2D eigenvalue weighted by atomic mass is 10.0. The van der Waals surface area contributed by atoms with Crippen LogP contribution in [-0.4, -0.2) is 49.9 Å². The van der Waals surface area contributed by atoms with Crippen molar-refractivity contribution >= 4 is 13.8 Å². The summed E-state index contributed by atoms with van der Waals surface area (Å²) in [5, 5.41) is 0. The Balaban J connectivity index is 4.02. The van der Waals surface area contributed by atoms with Crippen LogP contribution in [0.3, 0.4) is 0 Å². The number of phosphoric acid groups is 1. The first kappa shape index (κ1) is 49.2. The highest BCUT2D eigenvalue weighted by atomic mass is 31.2. The van der Waals surface area contributed by atoms with Crippen LogP contribution in [0.2, 0.25) is 0 Å². The van der Waals surface area contributed by atoms with Crippen LogP contribution in [0.15, 0.2) is 12.2 Å². The van der Waals surface area contributed by atoms with Gasteiger partial charge in [0.05, 0.1) is 19.8 Å². The van der Waals surface area contributed by atoms with E-state index in [1.807, 2.05) is 0 Å². The van der Waals surface area contributed by atoms with Crippen molar-refractivity contribution in [3.05, 3.63) is 12.2 Å². The van der Waals surface area contributed by atoms with Gasteiger partial charge in [0.2, 0.25) is 0 Å². The van der Waals surface area contributed by atoms with Gasteiger partial charge in [0.1, 0.15) is 6.10 Å². The SMILES string of the molecule is CCCCCCC/C=C\CCCCCCCCOCC(COP(=O)(O)OCCN)OC(=O)CCCCCCCCCCCCCCCCCC. The highest BCUT2D eigenvalue weighted by Gasteiger charge is 2.25. The maximum atomic E-state index is 12.6. The van der Waals surface area contributed by atoms with Crippen LogP contribution < -0.4 is 5.73 Å². The summed E-state index contributed by atoms with van der Waals surface area (Å²) in [6.45, 7) is 4.94. The van der Waals surface area contributed by atoms with Gasteiger partial charge in [-0.2, -0.15) is 0 Å². The molecule has 0 radical (unpaired) electrons. The van der Waals surface area contributed by atoms with E-state index in [0.29, 0.717) is 13.0 Å². The summed E-state index contributed by atoms with van der Waals surface area (Å²) >= 11 is 0. The number of hydrogen-bond donors (Lipinski definition) is 2. The second-order valence-electron chi connectivity index (χ2n) is 14.2. The molecule has 0 aliphatic heterocycles. The lowest BCUT2D eigenvalue weighted by Gasteiger charge is -2.20. The standard InChI is InChI=1S/C41H82NO7P/c1-3-5-7-9-11-13-15-17-19-20-22-24-26-28-30-32-34-41(43)49-40(39-48-50(44,45)47-37-35-42)38-46-36-33-31-29-27-25-23-21-18-16-14-12-10-8-6-4-2/h16,18,40H,3-15,17,19-39,42H2,1-2H3,(H,44,45)/b18-16-. The second kappa shape index (κ2) is 39.4. The third-order valence-electron chi connectivity index (χ3n) is 9.18. The Morgan fingerprint density at radius 1 is 0.580 bits per heavy atom. The van der Waals surface area contributed by atoms with Gasteiger partial charge in [-0.25, -0.2) is 4.57 Å². The molecule has 0 spiro atoms. The topological polar surface area (TPSA) is 117 Å². The molecule has 0 amide bonds. The molecule has 2 unspecified atom stereocenters.